The number of carbonyl (C=O) groups is 1. The van der Waals surface area contributed by atoms with Crippen LogP contribution in [-0.2, 0) is 4.79 Å². The number of hydrogen-bond acceptors (Lipinski definition) is 2. The van der Waals surface area contributed by atoms with Crippen LogP contribution < -0.4 is 0 Å². The van der Waals surface area contributed by atoms with E-state index in [1.54, 1.807) is 0 Å². The Morgan fingerprint density at radius 2 is 1.95 bits per heavy atom. The molecule has 2 saturated carbocycles. The second-order valence-corrected chi connectivity index (χ2v) is 8.25. The third-order valence-corrected chi connectivity index (χ3v) is 6.77. The first kappa shape index (κ1) is 15.6. The van der Waals surface area contributed by atoms with E-state index in [2.05, 4.69) is 26.7 Å². The number of terminal acetylenes is 1. The van der Waals surface area contributed by atoms with E-state index in [4.69, 9.17) is 6.42 Å². The number of allylic oxidation sites excluding steroid dienone is 4. The van der Waals surface area contributed by atoms with Crippen molar-refractivity contribution in [2.75, 3.05) is 0 Å². The van der Waals surface area contributed by atoms with Crippen molar-refractivity contribution < 1.29 is 9.90 Å². The number of rotatable bonds is 0. The van der Waals surface area contributed by atoms with Gasteiger partial charge in [-0.15, -0.1) is 6.42 Å². The van der Waals surface area contributed by atoms with E-state index >= 15 is 0 Å². The van der Waals surface area contributed by atoms with Crippen LogP contribution in [-0.4, -0.2) is 17.0 Å². The van der Waals surface area contributed by atoms with E-state index in [-0.39, 0.29) is 22.7 Å². The van der Waals surface area contributed by atoms with E-state index in [9.17, 15) is 9.90 Å². The SMILES string of the molecule is C#C[C@]12C=C(C)C(=O)C=C1[C@@]1(C)CC[C@@H](O)C(C)(C)[C@@H]1CC2. The first-order chi connectivity index (χ1) is 10.2. The molecule has 3 rings (SSSR count). The van der Waals surface area contributed by atoms with Gasteiger partial charge in [0, 0.05) is 0 Å². The van der Waals surface area contributed by atoms with Gasteiger partial charge in [-0.2, -0.15) is 0 Å². The molecule has 4 atom stereocenters. The normalized spacial score (nSPS) is 43.4. The standard InChI is InChI=1S/C20H26O2/c1-6-20-10-7-15-18(3,4)17(22)8-9-19(15,5)16(20)11-14(21)13(2)12-20/h1,11-12,15,17,22H,7-10H2,2-5H3/t15-,17+,19-,20-/m0/s1. The molecule has 1 N–H and O–H groups in total. The van der Waals surface area contributed by atoms with Crippen LogP contribution in [0.4, 0.5) is 0 Å². The summed E-state index contributed by atoms with van der Waals surface area (Å²) in [5.74, 6) is 3.45. The van der Waals surface area contributed by atoms with E-state index < -0.39 is 5.41 Å². The number of ketones is 1. The molecule has 0 aliphatic heterocycles. The Bertz CT molecular complexity index is 631. The molecule has 0 spiro atoms. The molecule has 0 aromatic carbocycles. The van der Waals surface area contributed by atoms with Crippen molar-refractivity contribution >= 4 is 5.78 Å². The van der Waals surface area contributed by atoms with Gasteiger partial charge in [0.2, 0.25) is 0 Å². The molecule has 0 aromatic rings. The molecule has 0 heterocycles. The highest BCUT2D eigenvalue weighted by atomic mass is 16.3. The highest BCUT2D eigenvalue weighted by Gasteiger charge is 2.59. The highest BCUT2D eigenvalue weighted by Crippen LogP contribution is 2.65. The Balaban J connectivity index is 2.15. The molecule has 0 saturated heterocycles. The lowest BCUT2D eigenvalue weighted by molar-refractivity contribution is -0.113. The van der Waals surface area contributed by atoms with Crippen LogP contribution in [0, 0.1) is 34.5 Å². The van der Waals surface area contributed by atoms with Crippen molar-refractivity contribution in [2.24, 2.45) is 22.2 Å². The highest BCUT2D eigenvalue weighted by molar-refractivity contribution is 6.05. The van der Waals surface area contributed by atoms with Gasteiger partial charge in [-0.25, -0.2) is 0 Å². The lowest BCUT2D eigenvalue weighted by Gasteiger charge is -2.60. The fraction of sp³-hybridized carbons (Fsp3) is 0.650. The molecule has 0 radical (unpaired) electrons. The Labute approximate surface area is 133 Å². The first-order valence-corrected chi connectivity index (χ1v) is 8.30. The molecular weight excluding hydrogens is 272 g/mol. The molecule has 3 aliphatic rings. The topological polar surface area (TPSA) is 37.3 Å². The second-order valence-electron chi connectivity index (χ2n) is 8.25. The van der Waals surface area contributed by atoms with Crippen LogP contribution in [0.25, 0.3) is 0 Å². The largest absolute Gasteiger partial charge is 0.393 e. The minimum atomic E-state index is -0.401. The molecule has 0 unspecified atom stereocenters. The fourth-order valence-electron chi connectivity index (χ4n) is 5.39. The summed E-state index contributed by atoms with van der Waals surface area (Å²) >= 11 is 0. The van der Waals surface area contributed by atoms with Crippen molar-refractivity contribution in [1.82, 2.24) is 0 Å². The Morgan fingerprint density at radius 3 is 2.59 bits per heavy atom. The van der Waals surface area contributed by atoms with Gasteiger partial charge in [0.05, 0.1) is 11.5 Å². The van der Waals surface area contributed by atoms with Crippen LogP contribution in [0.2, 0.25) is 0 Å². The zero-order valence-corrected chi connectivity index (χ0v) is 14.1. The molecule has 0 aromatic heterocycles. The molecule has 2 nitrogen and oxygen atoms in total. The molecule has 2 fully saturated rings. The molecule has 2 heteroatoms. The van der Waals surface area contributed by atoms with Crippen molar-refractivity contribution in [2.45, 2.75) is 59.5 Å². The van der Waals surface area contributed by atoms with E-state index in [1.165, 1.54) is 0 Å². The van der Waals surface area contributed by atoms with E-state index in [0.717, 1.165) is 36.8 Å². The molecular formula is C20H26O2. The predicted molar refractivity (Wildman–Crippen MR) is 88.0 cm³/mol. The van der Waals surface area contributed by atoms with Crippen LogP contribution in [0.1, 0.15) is 53.4 Å². The summed E-state index contributed by atoms with van der Waals surface area (Å²) in [4.78, 5) is 12.3. The summed E-state index contributed by atoms with van der Waals surface area (Å²) in [7, 11) is 0. The average molecular weight is 298 g/mol. The van der Waals surface area contributed by atoms with Crippen molar-refractivity contribution in [1.29, 1.82) is 0 Å². The molecule has 0 bridgehead atoms. The maximum Gasteiger partial charge on any atom is 0.181 e. The minimum absolute atomic E-state index is 0.0895. The number of hydrogen-bond donors (Lipinski definition) is 1. The minimum Gasteiger partial charge on any atom is -0.393 e. The van der Waals surface area contributed by atoms with Crippen molar-refractivity contribution in [3.8, 4) is 12.3 Å². The summed E-state index contributed by atoms with van der Waals surface area (Å²) in [6.45, 7) is 8.44. The van der Waals surface area contributed by atoms with Gasteiger partial charge >= 0.3 is 0 Å². The van der Waals surface area contributed by atoms with Crippen LogP contribution >= 0.6 is 0 Å². The number of aliphatic hydroxyl groups is 1. The Morgan fingerprint density at radius 1 is 1.27 bits per heavy atom. The summed E-state index contributed by atoms with van der Waals surface area (Å²) in [5.41, 5.74) is 1.24. The van der Waals surface area contributed by atoms with Gasteiger partial charge in [-0.05, 0) is 66.6 Å². The predicted octanol–water partition coefficient (Wildman–Crippen LogP) is 3.66. The van der Waals surface area contributed by atoms with E-state index in [1.807, 2.05) is 19.1 Å². The monoisotopic (exact) mass is 298 g/mol. The second kappa shape index (κ2) is 4.59. The maximum absolute atomic E-state index is 12.3. The van der Waals surface area contributed by atoms with Gasteiger partial charge in [0.25, 0.3) is 0 Å². The summed E-state index contributed by atoms with van der Waals surface area (Å²) in [6, 6.07) is 0. The van der Waals surface area contributed by atoms with Gasteiger partial charge in [-0.3, -0.25) is 4.79 Å². The van der Waals surface area contributed by atoms with Crippen molar-refractivity contribution in [3.63, 3.8) is 0 Å². The maximum atomic E-state index is 12.3. The van der Waals surface area contributed by atoms with Crippen LogP contribution in [0.5, 0.6) is 0 Å². The van der Waals surface area contributed by atoms with Crippen LogP contribution in [0.3, 0.4) is 0 Å². The summed E-state index contributed by atoms with van der Waals surface area (Å²) in [6.07, 6.45) is 13.0. The first-order valence-electron chi connectivity index (χ1n) is 8.30. The zero-order chi connectivity index (χ0) is 16.3. The molecule has 0 amide bonds. The third kappa shape index (κ3) is 1.82. The Kier molecular flexibility index (Phi) is 3.24. The quantitative estimate of drug-likeness (QED) is 0.693. The van der Waals surface area contributed by atoms with E-state index in [0.29, 0.717) is 5.92 Å². The number of aliphatic hydroxyl groups excluding tert-OH is 1. The fourth-order valence-corrected chi connectivity index (χ4v) is 5.39. The van der Waals surface area contributed by atoms with Gasteiger partial charge < -0.3 is 5.11 Å². The zero-order valence-electron chi connectivity index (χ0n) is 14.1. The average Bonchev–Trinajstić information content (AvgIpc) is 2.46. The van der Waals surface area contributed by atoms with Crippen LogP contribution in [0.15, 0.2) is 23.3 Å². The summed E-state index contributed by atoms with van der Waals surface area (Å²) < 4.78 is 0. The number of fused-ring (bicyclic) bond motifs is 3. The summed E-state index contributed by atoms with van der Waals surface area (Å²) in [5, 5.41) is 10.5. The molecule has 22 heavy (non-hydrogen) atoms. The van der Waals surface area contributed by atoms with Gasteiger partial charge in [-0.1, -0.05) is 32.8 Å². The number of carbonyl (C=O) groups excluding carboxylic acids is 1. The smallest absolute Gasteiger partial charge is 0.181 e. The lowest BCUT2D eigenvalue weighted by atomic mass is 9.44. The Hall–Kier alpha value is -1.33. The third-order valence-electron chi connectivity index (χ3n) is 6.77. The van der Waals surface area contributed by atoms with Gasteiger partial charge in [0.15, 0.2) is 5.78 Å². The molecule has 3 aliphatic carbocycles. The van der Waals surface area contributed by atoms with Gasteiger partial charge in [0.1, 0.15) is 0 Å². The lowest BCUT2D eigenvalue weighted by Crippen LogP contribution is -2.55. The molecule has 118 valence electrons. The van der Waals surface area contributed by atoms with Crippen molar-refractivity contribution in [3.05, 3.63) is 23.3 Å².